The summed E-state index contributed by atoms with van der Waals surface area (Å²) in [6.07, 6.45) is 1.43. The first-order chi connectivity index (χ1) is 11.1. The predicted molar refractivity (Wildman–Crippen MR) is 86.8 cm³/mol. The van der Waals surface area contributed by atoms with Gasteiger partial charge in [-0.25, -0.2) is 0 Å². The van der Waals surface area contributed by atoms with E-state index in [4.69, 9.17) is 17.3 Å². The molecule has 1 amide bonds. The van der Waals surface area contributed by atoms with Crippen molar-refractivity contribution in [3.63, 3.8) is 0 Å². The number of nitrogens with two attached hydrogens (primary N) is 1. The first-order valence-electron chi connectivity index (χ1n) is 7.68. The van der Waals surface area contributed by atoms with E-state index in [0.29, 0.717) is 30.4 Å². The minimum Gasteiger partial charge on any atom is -0.339 e. The molecule has 3 rings (SSSR count). The average Bonchev–Trinajstić information content (AvgIpc) is 3.18. The normalized spacial score (nSPS) is 19.1. The summed E-state index contributed by atoms with van der Waals surface area (Å²) in [6, 6.07) is 6.80. The molecule has 2 aromatic rings. The van der Waals surface area contributed by atoms with Gasteiger partial charge in [0.05, 0.1) is 0 Å². The highest BCUT2D eigenvalue weighted by Crippen LogP contribution is 2.20. The number of halogens is 1. The maximum atomic E-state index is 12.6. The van der Waals surface area contributed by atoms with Gasteiger partial charge < -0.3 is 10.6 Å². The number of likely N-dealkylation sites (tertiary alicyclic amines) is 1. The number of hydrogen-bond acceptors (Lipinski definition) is 5. The molecule has 1 aliphatic rings. The molecule has 1 aromatic carbocycles. The summed E-state index contributed by atoms with van der Waals surface area (Å²) in [7, 11) is 0. The Morgan fingerprint density at radius 2 is 2.17 bits per heavy atom. The summed E-state index contributed by atoms with van der Waals surface area (Å²) in [4.78, 5) is 15.8. The molecule has 1 saturated heterocycles. The molecule has 2 heterocycles. The largest absolute Gasteiger partial charge is 0.339 e. The molecular weight excluding hydrogens is 316 g/mol. The van der Waals surface area contributed by atoms with Crippen LogP contribution >= 0.6 is 11.6 Å². The minimum atomic E-state index is -0.450. The smallest absolute Gasteiger partial charge is 0.249 e. The monoisotopic (exact) mass is 334 g/mol. The maximum absolute atomic E-state index is 12.6. The molecule has 0 bridgehead atoms. The highest BCUT2D eigenvalue weighted by molar-refractivity contribution is 6.30. The third-order valence-electron chi connectivity index (χ3n) is 4.02. The quantitative estimate of drug-likeness (QED) is 0.915. The summed E-state index contributed by atoms with van der Waals surface area (Å²) >= 11 is 5.88. The lowest BCUT2D eigenvalue weighted by atomic mass is 10.2. The molecule has 0 aliphatic carbocycles. The van der Waals surface area contributed by atoms with Crippen molar-refractivity contribution in [3.8, 4) is 11.4 Å². The zero-order chi connectivity index (χ0) is 16.4. The van der Waals surface area contributed by atoms with E-state index < -0.39 is 6.04 Å². The van der Waals surface area contributed by atoms with Crippen molar-refractivity contribution in [1.29, 1.82) is 0 Å². The summed E-state index contributed by atoms with van der Waals surface area (Å²) in [6.45, 7) is 3.22. The molecule has 0 saturated carbocycles. The Morgan fingerprint density at radius 1 is 1.43 bits per heavy atom. The van der Waals surface area contributed by atoms with Crippen LogP contribution in [0.4, 0.5) is 0 Å². The van der Waals surface area contributed by atoms with Crippen molar-refractivity contribution in [1.82, 2.24) is 25.1 Å². The van der Waals surface area contributed by atoms with Crippen LogP contribution in [0.1, 0.15) is 25.8 Å². The van der Waals surface area contributed by atoms with E-state index in [1.165, 1.54) is 4.80 Å². The number of amides is 1. The predicted octanol–water partition coefficient (Wildman–Crippen LogP) is 1.50. The van der Waals surface area contributed by atoms with Crippen LogP contribution in [0.25, 0.3) is 11.4 Å². The van der Waals surface area contributed by atoms with Gasteiger partial charge in [-0.05, 0) is 42.3 Å². The van der Waals surface area contributed by atoms with Gasteiger partial charge in [-0.1, -0.05) is 18.5 Å². The second kappa shape index (κ2) is 6.64. The van der Waals surface area contributed by atoms with Crippen molar-refractivity contribution in [3.05, 3.63) is 29.3 Å². The molecule has 2 N–H and O–H groups in total. The topological polar surface area (TPSA) is 89.9 Å². The van der Waals surface area contributed by atoms with Gasteiger partial charge in [0.25, 0.3) is 0 Å². The lowest BCUT2D eigenvalue weighted by molar-refractivity contribution is -0.134. The van der Waals surface area contributed by atoms with E-state index in [1.54, 1.807) is 17.0 Å². The van der Waals surface area contributed by atoms with Gasteiger partial charge in [0.2, 0.25) is 11.7 Å². The Kier molecular flexibility index (Phi) is 4.58. The molecule has 2 atom stereocenters. The first kappa shape index (κ1) is 15.9. The van der Waals surface area contributed by atoms with Crippen molar-refractivity contribution in [2.75, 3.05) is 13.1 Å². The lowest BCUT2D eigenvalue weighted by Gasteiger charge is -2.21. The number of aromatic nitrogens is 4. The highest BCUT2D eigenvalue weighted by atomic mass is 35.5. The minimum absolute atomic E-state index is 0.000469. The van der Waals surface area contributed by atoms with Crippen LogP contribution in [0.15, 0.2) is 24.3 Å². The molecule has 8 heteroatoms. The van der Waals surface area contributed by atoms with Gasteiger partial charge >= 0.3 is 0 Å². The standard InChI is InChI=1S/C15H19ClN6O/c1-2-13(15(23)21-8-7-12(17)9-21)22-19-14(18-20-22)10-3-5-11(16)6-4-10/h3-6,12-13H,2,7-9,17H2,1H3/t12-,13-/m1/s1. The average molecular weight is 335 g/mol. The van der Waals surface area contributed by atoms with Crippen LogP contribution in [-0.2, 0) is 4.79 Å². The van der Waals surface area contributed by atoms with Crippen LogP contribution in [0.5, 0.6) is 0 Å². The second-order valence-electron chi connectivity index (χ2n) is 5.70. The van der Waals surface area contributed by atoms with Gasteiger partial charge in [0.1, 0.15) is 0 Å². The van der Waals surface area contributed by atoms with Gasteiger partial charge in [-0.15, -0.1) is 10.2 Å². The van der Waals surface area contributed by atoms with Gasteiger partial charge in [0.15, 0.2) is 6.04 Å². The highest BCUT2D eigenvalue weighted by Gasteiger charge is 2.31. The second-order valence-corrected chi connectivity index (χ2v) is 6.13. The van der Waals surface area contributed by atoms with Crippen LogP contribution in [-0.4, -0.2) is 50.1 Å². The van der Waals surface area contributed by atoms with E-state index in [9.17, 15) is 4.79 Å². The van der Waals surface area contributed by atoms with Gasteiger partial charge in [-0.3, -0.25) is 4.79 Å². The van der Waals surface area contributed by atoms with E-state index in [0.717, 1.165) is 12.0 Å². The van der Waals surface area contributed by atoms with Crippen molar-refractivity contribution < 1.29 is 4.79 Å². The molecule has 122 valence electrons. The third-order valence-corrected chi connectivity index (χ3v) is 4.27. The molecule has 23 heavy (non-hydrogen) atoms. The molecule has 0 spiro atoms. The number of carbonyl (C=O) groups excluding carboxylic acids is 1. The number of carbonyl (C=O) groups is 1. The Labute approximate surface area is 139 Å². The van der Waals surface area contributed by atoms with Crippen molar-refractivity contribution in [2.24, 2.45) is 5.73 Å². The summed E-state index contributed by atoms with van der Waals surface area (Å²) in [5, 5.41) is 13.1. The third kappa shape index (κ3) is 3.35. The molecule has 7 nitrogen and oxygen atoms in total. The van der Waals surface area contributed by atoms with Crippen molar-refractivity contribution >= 4 is 17.5 Å². The molecular formula is C15H19ClN6O. The molecule has 0 radical (unpaired) electrons. The van der Waals surface area contributed by atoms with Gasteiger partial charge in [-0.2, -0.15) is 4.80 Å². The zero-order valence-electron chi connectivity index (χ0n) is 12.9. The summed E-state index contributed by atoms with van der Waals surface area (Å²) in [5.41, 5.74) is 6.69. The number of nitrogens with zero attached hydrogens (tertiary/aromatic N) is 5. The Balaban J connectivity index is 1.79. The van der Waals surface area contributed by atoms with Crippen LogP contribution in [0.2, 0.25) is 5.02 Å². The maximum Gasteiger partial charge on any atom is 0.249 e. The Bertz CT molecular complexity index is 686. The first-order valence-corrected chi connectivity index (χ1v) is 8.06. The Morgan fingerprint density at radius 3 is 2.78 bits per heavy atom. The molecule has 1 aromatic heterocycles. The fraction of sp³-hybridized carbons (Fsp3) is 0.467. The van der Waals surface area contributed by atoms with E-state index in [2.05, 4.69) is 15.4 Å². The zero-order valence-corrected chi connectivity index (χ0v) is 13.6. The van der Waals surface area contributed by atoms with Crippen LogP contribution in [0, 0.1) is 0 Å². The SMILES string of the molecule is CC[C@H](C(=O)N1CC[C@@H](N)C1)n1nnc(-c2ccc(Cl)cc2)n1. The molecule has 1 aliphatic heterocycles. The molecule has 0 unspecified atom stereocenters. The summed E-state index contributed by atoms with van der Waals surface area (Å²) < 4.78 is 0. The molecule has 1 fully saturated rings. The van der Waals surface area contributed by atoms with E-state index >= 15 is 0 Å². The number of benzene rings is 1. The van der Waals surface area contributed by atoms with E-state index in [-0.39, 0.29) is 11.9 Å². The number of tetrazole rings is 1. The number of rotatable bonds is 4. The summed E-state index contributed by atoms with van der Waals surface area (Å²) in [5.74, 6) is 0.478. The fourth-order valence-electron chi connectivity index (χ4n) is 2.71. The Hall–Kier alpha value is -1.99. The number of hydrogen-bond donors (Lipinski definition) is 1. The van der Waals surface area contributed by atoms with E-state index in [1.807, 2.05) is 19.1 Å². The fourth-order valence-corrected chi connectivity index (χ4v) is 2.83. The van der Waals surface area contributed by atoms with Crippen LogP contribution < -0.4 is 5.73 Å². The lowest BCUT2D eigenvalue weighted by Crippen LogP contribution is -2.38. The van der Waals surface area contributed by atoms with Crippen molar-refractivity contribution in [2.45, 2.75) is 31.8 Å². The van der Waals surface area contributed by atoms with Crippen LogP contribution in [0.3, 0.4) is 0 Å². The van der Waals surface area contributed by atoms with Gasteiger partial charge in [0, 0.05) is 29.7 Å².